The number of rotatable bonds is 3. The minimum Gasteiger partial charge on any atom is -0.377 e. The quantitative estimate of drug-likeness (QED) is 0.676. The minimum atomic E-state index is -0.166. The number of amides is 1. The lowest BCUT2D eigenvalue weighted by atomic mass is 9.94. The van der Waals surface area contributed by atoms with E-state index in [1.807, 2.05) is 11.8 Å². The third-order valence-corrected chi connectivity index (χ3v) is 3.00. The molecule has 3 nitrogen and oxygen atoms in total. The highest BCUT2D eigenvalue weighted by Gasteiger charge is 2.32. The van der Waals surface area contributed by atoms with E-state index in [2.05, 4.69) is 0 Å². The summed E-state index contributed by atoms with van der Waals surface area (Å²) in [5.74, 6) is 0.543. The summed E-state index contributed by atoms with van der Waals surface area (Å²) in [5, 5.41) is 0. The molecule has 1 aliphatic rings. The molecule has 1 amide bonds. The number of methoxy groups -OCH3 is 1. The summed E-state index contributed by atoms with van der Waals surface area (Å²) in [7, 11) is 1.70. The maximum absolute atomic E-state index is 11.6. The standard InChI is InChI=1S/C10H18ClNO2/c1-10(14-2)5-3-7-12(8-10)9(13)4-6-11/h3-8H2,1-2H3. The van der Waals surface area contributed by atoms with Crippen molar-refractivity contribution in [2.24, 2.45) is 0 Å². The fourth-order valence-electron chi connectivity index (χ4n) is 1.82. The van der Waals surface area contributed by atoms with Gasteiger partial charge in [-0.3, -0.25) is 4.79 Å². The van der Waals surface area contributed by atoms with Crippen molar-refractivity contribution in [2.45, 2.75) is 31.8 Å². The van der Waals surface area contributed by atoms with Gasteiger partial charge in [0.2, 0.25) is 5.91 Å². The Labute approximate surface area is 90.4 Å². The van der Waals surface area contributed by atoms with Crippen LogP contribution in [0.4, 0.5) is 0 Å². The second-order valence-electron chi connectivity index (χ2n) is 4.01. The number of hydrogen-bond acceptors (Lipinski definition) is 2. The van der Waals surface area contributed by atoms with Gasteiger partial charge in [-0.05, 0) is 19.8 Å². The number of carbonyl (C=O) groups excluding carboxylic acids is 1. The number of ether oxygens (including phenoxy) is 1. The van der Waals surface area contributed by atoms with E-state index in [1.165, 1.54) is 0 Å². The molecular formula is C10H18ClNO2. The lowest BCUT2D eigenvalue weighted by molar-refractivity contribution is -0.138. The van der Waals surface area contributed by atoms with Crippen LogP contribution in [-0.4, -0.2) is 42.5 Å². The van der Waals surface area contributed by atoms with Gasteiger partial charge in [0.05, 0.1) is 5.60 Å². The molecule has 0 bridgehead atoms. The van der Waals surface area contributed by atoms with Crippen molar-refractivity contribution in [1.29, 1.82) is 0 Å². The van der Waals surface area contributed by atoms with Crippen LogP contribution in [0.5, 0.6) is 0 Å². The molecular weight excluding hydrogens is 202 g/mol. The summed E-state index contributed by atoms with van der Waals surface area (Å²) in [6, 6.07) is 0. The molecule has 1 heterocycles. The number of alkyl halides is 1. The van der Waals surface area contributed by atoms with Crippen molar-refractivity contribution >= 4 is 17.5 Å². The monoisotopic (exact) mass is 219 g/mol. The van der Waals surface area contributed by atoms with Gasteiger partial charge in [-0.15, -0.1) is 11.6 Å². The molecule has 0 aromatic carbocycles. The van der Waals surface area contributed by atoms with Crippen LogP contribution in [0, 0.1) is 0 Å². The zero-order valence-corrected chi connectivity index (χ0v) is 9.64. The lowest BCUT2D eigenvalue weighted by Crippen LogP contribution is -2.49. The van der Waals surface area contributed by atoms with E-state index in [-0.39, 0.29) is 11.5 Å². The van der Waals surface area contributed by atoms with Crippen LogP contribution >= 0.6 is 11.6 Å². The molecule has 0 spiro atoms. The number of halogens is 1. The fourth-order valence-corrected chi connectivity index (χ4v) is 1.99. The van der Waals surface area contributed by atoms with Gasteiger partial charge in [0.15, 0.2) is 0 Å². The average Bonchev–Trinajstić information content (AvgIpc) is 2.18. The normalized spacial score (nSPS) is 27.8. The Balaban J connectivity index is 2.51. The van der Waals surface area contributed by atoms with Gasteiger partial charge < -0.3 is 9.64 Å². The van der Waals surface area contributed by atoms with E-state index in [9.17, 15) is 4.79 Å². The molecule has 1 unspecified atom stereocenters. The van der Waals surface area contributed by atoms with E-state index in [0.29, 0.717) is 18.8 Å². The SMILES string of the molecule is COC1(C)CCCN(C(=O)CCCl)C1. The Kier molecular flexibility index (Phi) is 4.20. The molecule has 0 aromatic heterocycles. The van der Waals surface area contributed by atoms with Gasteiger partial charge in [-0.25, -0.2) is 0 Å². The summed E-state index contributed by atoms with van der Waals surface area (Å²) in [4.78, 5) is 13.4. The first-order valence-electron chi connectivity index (χ1n) is 5.00. The molecule has 1 saturated heterocycles. The Morgan fingerprint density at radius 3 is 2.93 bits per heavy atom. The van der Waals surface area contributed by atoms with Crippen LogP contribution in [0.2, 0.25) is 0 Å². The smallest absolute Gasteiger partial charge is 0.223 e. The maximum atomic E-state index is 11.6. The molecule has 0 radical (unpaired) electrons. The maximum Gasteiger partial charge on any atom is 0.223 e. The van der Waals surface area contributed by atoms with Gasteiger partial charge in [-0.1, -0.05) is 0 Å². The third-order valence-electron chi connectivity index (χ3n) is 2.81. The molecule has 82 valence electrons. The predicted octanol–water partition coefficient (Wildman–Crippen LogP) is 1.64. The fraction of sp³-hybridized carbons (Fsp3) is 0.900. The molecule has 1 fully saturated rings. The van der Waals surface area contributed by atoms with E-state index >= 15 is 0 Å². The number of piperidine rings is 1. The lowest BCUT2D eigenvalue weighted by Gasteiger charge is -2.39. The molecule has 1 aliphatic heterocycles. The number of likely N-dealkylation sites (tertiary alicyclic amines) is 1. The van der Waals surface area contributed by atoms with Crippen molar-refractivity contribution in [3.05, 3.63) is 0 Å². The van der Waals surface area contributed by atoms with E-state index in [4.69, 9.17) is 16.3 Å². The number of hydrogen-bond donors (Lipinski definition) is 0. The van der Waals surface area contributed by atoms with Crippen molar-refractivity contribution in [3.63, 3.8) is 0 Å². The average molecular weight is 220 g/mol. The van der Waals surface area contributed by atoms with E-state index in [1.54, 1.807) is 7.11 Å². The Morgan fingerprint density at radius 2 is 2.36 bits per heavy atom. The molecule has 0 aromatic rings. The summed E-state index contributed by atoms with van der Waals surface area (Å²) in [5.41, 5.74) is -0.166. The zero-order chi connectivity index (χ0) is 10.6. The van der Waals surface area contributed by atoms with E-state index in [0.717, 1.165) is 19.4 Å². The first kappa shape index (κ1) is 11.8. The molecule has 14 heavy (non-hydrogen) atoms. The summed E-state index contributed by atoms with van der Waals surface area (Å²) < 4.78 is 5.41. The van der Waals surface area contributed by atoms with E-state index < -0.39 is 0 Å². The van der Waals surface area contributed by atoms with Crippen molar-refractivity contribution in [1.82, 2.24) is 4.90 Å². The van der Waals surface area contributed by atoms with Gasteiger partial charge in [-0.2, -0.15) is 0 Å². The van der Waals surface area contributed by atoms with Crippen LogP contribution in [0.1, 0.15) is 26.2 Å². The second kappa shape index (κ2) is 4.99. The first-order valence-corrected chi connectivity index (χ1v) is 5.54. The van der Waals surface area contributed by atoms with Gasteiger partial charge in [0, 0.05) is 32.5 Å². The van der Waals surface area contributed by atoms with Gasteiger partial charge in [0.1, 0.15) is 0 Å². The van der Waals surface area contributed by atoms with Crippen molar-refractivity contribution < 1.29 is 9.53 Å². The topological polar surface area (TPSA) is 29.5 Å². The van der Waals surface area contributed by atoms with Crippen LogP contribution < -0.4 is 0 Å². The summed E-state index contributed by atoms with van der Waals surface area (Å²) in [6.45, 7) is 3.58. The molecule has 4 heteroatoms. The summed E-state index contributed by atoms with van der Waals surface area (Å²) >= 11 is 5.54. The van der Waals surface area contributed by atoms with Crippen LogP contribution in [0.3, 0.4) is 0 Å². The van der Waals surface area contributed by atoms with Crippen LogP contribution in [0.25, 0.3) is 0 Å². The van der Waals surface area contributed by atoms with Crippen LogP contribution in [-0.2, 0) is 9.53 Å². The van der Waals surface area contributed by atoms with Gasteiger partial charge in [0.25, 0.3) is 0 Å². The second-order valence-corrected chi connectivity index (χ2v) is 4.39. The molecule has 0 aliphatic carbocycles. The Bertz CT molecular complexity index is 210. The van der Waals surface area contributed by atoms with Gasteiger partial charge >= 0.3 is 0 Å². The first-order chi connectivity index (χ1) is 6.61. The largest absolute Gasteiger partial charge is 0.377 e. The Hall–Kier alpha value is -0.280. The highest BCUT2D eigenvalue weighted by Crippen LogP contribution is 2.24. The van der Waals surface area contributed by atoms with Crippen LogP contribution in [0.15, 0.2) is 0 Å². The molecule has 1 rings (SSSR count). The molecule has 0 saturated carbocycles. The predicted molar refractivity (Wildman–Crippen MR) is 56.6 cm³/mol. The molecule has 1 atom stereocenters. The number of carbonyl (C=O) groups is 1. The minimum absolute atomic E-state index is 0.142. The van der Waals surface area contributed by atoms with Crippen molar-refractivity contribution in [3.8, 4) is 0 Å². The number of nitrogens with zero attached hydrogens (tertiary/aromatic N) is 1. The third kappa shape index (κ3) is 2.85. The highest BCUT2D eigenvalue weighted by atomic mass is 35.5. The van der Waals surface area contributed by atoms with Crippen molar-refractivity contribution in [2.75, 3.05) is 26.1 Å². The molecule has 0 N–H and O–H groups in total. The highest BCUT2D eigenvalue weighted by molar-refractivity contribution is 6.18. The summed E-state index contributed by atoms with van der Waals surface area (Å²) in [6.07, 6.45) is 2.47. The Morgan fingerprint density at radius 1 is 1.64 bits per heavy atom. The zero-order valence-electron chi connectivity index (χ0n) is 8.88.